The second kappa shape index (κ2) is 5.44. The summed E-state index contributed by atoms with van der Waals surface area (Å²) in [5, 5.41) is 8.82. The fourth-order valence-corrected chi connectivity index (χ4v) is 2.06. The molecule has 1 rings (SSSR count). The van der Waals surface area contributed by atoms with Gasteiger partial charge in [-0.3, -0.25) is 4.79 Å². The van der Waals surface area contributed by atoms with Gasteiger partial charge in [0.15, 0.2) is 0 Å². The van der Waals surface area contributed by atoms with E-state index in [2.05, 4.69) is 31.4 Å². The second-order valence-electron chi connectivity index (χ2n) is 3.34. The van der Waals surface area contributed by atoms with Gasteiger partial charge in [-0.05, 0) is 22.4 Å². The van der Waals surface area contributed by atoms with E-state index in [-0.39, 0.29) is 11.3 Å². The van der Waals surface area contributed by atoms with Gasteiger partial charge in [0.05, 0.1) is 17.6 Å². The molecule has 1 heterocycles. The highest BCUT2D eigenvalue weighted by atomic mass is 79.9. The van der Waals surface area contributed by atoms with Gasteiger partial charge in [0, 0.05) is 12.8 Å². The third kappa shape index (κ3) is 4.31. The summed E-state index contributed by atoms with van der Waals surface area (Å²) in [5.41, 5.74) is 0.227. The Balaban J connectivity index is 2.50. The van der Waals surface area contributed by atoms with Crippen LogP contribution in [0.3, 0.4) is 0 Å². The van der Waals surface area contributed by atoms with Crippen LogP contribution in [0.25, 0.3) is 0 Å². The van der Waals surface area contributed by atoms with E-state index >= 15 is 0 Å². The Morgan fingerprint density at radius 3 is 2.88 bits per heavy atom. The topological polar surface area (TPSA) is 91.9 Å². The molecular formula is C8H12BrN3O3S. The maximum absolute atomic E-state index is 11.1. The van der Waals surface area contributed by atoms with Gasteiger partial charge in [-0.15, -0.1) is 0 Å². The Hall–Kier alpha value is -0.890. The minimum atomic E-state index is -2.93. The number of nitrogens with zero attached hydrogens (tertiary/aromatic N) is 1. The molecule has 0 aliphatic carbocycles. The number of aromatic nitrogens is 2. The molecule has 0 aromatic carbocycles. The van der Waals surface area contributed by atoms with E-state index in [9.17, 15) is 13.2 Å². The van der Waals surface area contributed by atoms with Crippen LogP contribution in [0.4, 0.5) is 5.69 Å². The van der Waals surface area contributed by atoms with Crippen molar-refractivity contribution in [3.63, 3.8) is 0 Å². The highest BCUT2D eigenvalue weighted by Gasteiger charge is 2.05. The number of H-pyrrole nitrogens is 1. The molecule has 0 saturated heterocycles. The van der Waals surface area contributed by atoms with Crippen LogP contribution in [0.1, 0.15) is 6.42 Å². The summed E-state index contributed by atoms with van der Waals surface area (Å²) in [4.78, 5) is 11.1. The smallest absolute Gasteiger partial charge is 0.280 e. The minimum Gasteiger partial charge on any atom is -0.383 e. The molecule has 0 atom stereocenters. The van der Waals surface area contributed by atoms with E-state index in [0.717, 1.165) is 0 Å². The quantitative estimate of drug-likeness (QED) is 0.767. The summed E-state index contributed by atoms with van der Waals surface area (Å²) in [7, 11) is -2.93. The van der Waals surface area contributed by atoms with Gasteiger partial charge in [0.1, 0.15) is 14.3 Å². The van der Waals surface area contributed by atoms with Gasteiger partial charge in [-0.2, -0.15) is 5.10 Å². The number of anilines is 1. The third-order valence-corrected chi connectivity index (χ3v) is 3.62. The first-order valence-corrected chi connectivity index (χ1v) is 7.40. The van der Waals surface area contributed by atoms with E-state index in [0.29, 0.717) is 23.1 Å². The Bertz CT molecular complexity index is 512. The van der Waals surface area contributed by atoms with Crippen molar-refractivity contribution in [1.29, 1.82) is 0 Å². The van der Waals surface area contributed by atoms with E-state index in [1.165, 1.54) is 12.5 Å². The highest BCUT2D eigenvalue weighted by molar-refractivity contribution is 9.10. The summed E-state index contributed by atoms with van der Waals surface area (Å²) in [5.74, 6) is 0.119. The summed E-state index contributed by atoms with van der Waals surface area (Å²) in [6.07, 6.45) is 3.14. The fourth-order valence-electron chi connectivity index (χ4n) is 1.06. The standard InChI is InChI=1S/C8H12BrN3O3S/c1-16(14,15)4-2-3-10-6-5-11-12-8(13)7(6)9/h5H,2-4H2,1H3,(H2,10,12,13). The van der Waals surface area contributed by atoms with Crippen LogP contribution < -0.4 is 10.9 Å². The molecule has 0 amide bonds. The van der Waals surface area contributed by atoms with Crippen LogP contribution in [0.15, 0.2) is 15.5 Å². The summed E-state index contributed by atoms with van der Waals surface area (Å²) < 4.78 is 22.1. The first-order valence-electron chi connectivity index (χ1n) is 4.55. The first-order chi connectivity index (χ1) is 7.40. The molecule has 0 spiro atoms. The van der Waals surface area contributed by atoms with Crippen LogP contribution in [0.2, 0.25) is 0 Å². The summed E-state index contributed by atoms with van der Waals surface area (Å²) in [6, 6.07) is 0. The van der Waals surface area contributed by atoms with E-state index in [1.54, 1.807) is 0 Å². The number of nitrogens with one attached hydrogen (secondary N) is 2. The van der Waals surface area contributed by atoms with Gasteiger partial charge in [0.25, 0.3) is 5.56 Å². The van der Waals surface area contributed by atoms with Crippen LogP contribution in [-0.2, 0) is 9.84 Å². The van der Waals surface area contributed by atoms with Crippen molar-refractivity contribution in [2.75, 3.05) is 23.9 Å². The van der Waals surface area contributed by atoms with Crippen molar-refractivity contribution in [2.24, 2.45) is 0 Å². The van der Waals surface area contributed by atoms with E-state index in [1.807, 2.05) is 0 Å². The number of sulfone groups is 1. The van der Waals surface area contributed by atoms with Crippen LogP contribution >= 0.6 is 15.9 Å². The largest absolute Gasteiger partial charge is 0.383 e. The van der Waals surface area contributed by atoms with Gasteiger partial charge in [0.2, 0.25) is 0 Å². The van der Waals surface area contributed by atoms with Crippen molar-refractivity contribution in [1.82, 2.24) is 10.2 Å². The molecule has 6 nitrogen and oxygen atoms in total. The van der Waals surface area contributed by atoms with Gasteiger partial charge in [-0.25, -0.2) is 13.5 Å². The molecular weight excluding hydrogens is 298 g/mol. The maximum atomic E-state index is 11.1. The lowest BCUT2D eigenvalue weighted by Gasteiger charge is -2.06. The van der Waals surface area contributed by atoms with E-state index < -0.39 is 9.84 Å². The molecule has 0 radical (unpaired) electrons. The van der Waals surface area contributed by atoms with Crippen molar-refractivity contribution in [3.8, 4) is 0 Å². The molecule has 16 heavy (non-hydrogen) atoms. The number of aromatic amines is 1. The van der Waals surface area contributed by atoms with Gasteiger partial charge in [-0.1, -0.05) is 0 Å². The molecule has 0 aliphatic heterocycles. The lowest BCUT2D eigenvalue weighted by atomic mass is 10.4. The number of hydrogen-bond acceptors (Lipinski definition) is 5. The van der Waals surface area contributed by atoms with Crippen molar-refractivity contribution < 1.29 is 8.42 Å². The fraction of sp³-hybridized carbons (Fsp3) is 0.500. The molecule has 1 aromatic heterocycles. The Kier molecular flexibility index (Phi) is 4.48. The predicted molar refractivity (Wildman–Crippen MR) is 65.4 cm³/mol. The first kappa shape index (κ1) is 13.2. The molecule has 0 aliphatic rings. The SMILES string of the molecule is CS(=O)(=O)CCCNc1cn[nH]c(=O)c1Br. The monoisotopic (exact) mass is 309 g/mol. The molecule has 0 saturated carbocycles. The minimum absolute atomic E-state index is 0.119. The molecule has 8 heteroatoms. The summed E-state index contributed by atoms with van der Waals surface area (Å²) >= 11 is 3.11. The molecule has 1 aromatic rings. The molecule has 90 valence electrons. The Morgan fingerprint density at radius 2 is 2.25 bits per heavy atom. The average Bonchev–Trinajstić information content (AvgIpc) is 2.17. The van der Waals surface area contributed by atoms with Gasteiger partial charge >= 0.3 is 0 Å². The number of halogens is 1. The third-order valence-electron chi connectivity index (χ3n) is 1.80. The zero-order valence-corrected chi connectivity index (χ0v) is 11.1. The molecule has 0 unspecified atom stereocenters. The number of rotatable bonds is 5. The van der Waals surface area contributed by atoms with Crippen LogP contribution in [-0.4, -0.2) is 37.2 Å². The van der Waals surface area contributed by atoms with E-state index in [4.69, 9.17) is 0 Å². The lowest BCUT2D eigenvalue weighted by molar-refractivity contribution is 0.600. The summed E-state index contributed by atoms with van der Waals surface area (Å²) in [6.45, 7) is 0.469. The highest BCUT2D eigenvalue weighted by Crippen LogP contribution is 2.14. The average molecular weight is 310 g/mol. The molecule has 2 N–H and O–H groups in total. The zero-order valence-electron chi connectivity index (χ0n) is 8.66. The Labute approximate surface area is 102 Å². The predicted octanol–water partition coefficient (Wildman–Crippen LogP) is 0.379. The normalized spacial score (nSPS) is 11.4. The van der Waals surface area contributed by atoms with Crippen molar-refractivity contribution in [2.45, 2.75) is 6.42 Å². The second-order valence-corrected chi connectivity index (χ2v) is 6.39. The Morgan fingerprint density at radius 1 is 1.56 bits per heavy atom. The lowest BCUT2D eigenvalue weighted by Crippen LogP contribution is -2.14. The zero-order chi connectivity index (χ0) is 12.2. The van der Waals surface area contributed by atoms with Crippen molar-refractivity contribution in [3.05, 3.63) is 21.0 Å². The maximum Gasteiger partial charge on any atom is 0.280 e. The molecule has 0 fully saturated rings. The van der Waals surface area contributed by atoms with Crippen LogP contribution in [0.5, 0.6) is 0 Å². The van der Waals surface area contributed by atoms with Gasteiger partial charge < -0.3 is 5.32 Å². The van der Waals surface area contributed by atoms with Crippen molar-refractivity contribution >= 4 is 31.5 Å². The van der Waals surface area contributed by atoms with Crippen LogP contribution in [0, 0.1) is 0 Å². The molecule has 0 bridgehead atoms. The number of hydrogen-bond donors (Lipinski definition) is 2.